The lowest BCUT2D eigenvalue weighted by Crippen LogP contribution is -2.29. The molecule has 0 aliphatic rings. The predicted molar refractivity (Wildman–Crippen MR) is 232 cm³/mol. The third-order valence-electron chi connectivity index (χ3n) is 8.10. The van der Waals surface area contributed by atoms with Crippen LogP contribution in [0.3, 0.4) is 0 Å². The van der Waals surface area contributed by atoms with Crippen molar-refractivity contribution in [3.63, 3.8) is 0 Å². The number of hydrogen-bond acceptors (Lipinski definition) is 10. The topological polar surface area (TPSA) is 122 Å². The molecular weight excluding hydrogens is 755 g/mol. The summed E-state index contributed by atoms with van der Waals surface area (Å²) in [5.41, 5.74) is 6.33. The third-order valence-corrected chi connectivity index (χ3v) is 8.38. The molecule has 2 aromatic heterocycles. The fourth-order valence-corrected chi connectivity index (χ4v) is 5.23. The van der Waals surface area contributed by atoms with Crippen molar-refractivity contribution < 1.29 is 38.5 Å². The van der Waals surface area contributed by atoms with Crippen molar-refractivity contribution in [3.05, 3.63) is 173 Å². The highest BCUT2D eigenvalue weighted by atomic mass is 35.5. The summed E-state index contributed by atoms with van der Waals surface area (Å²) in [6, 6.07) is 38.3. The van der Waals surface area contributed by atoms with Crippen LogP contribution >= 0.6 is 11.6 Å². The number of pyridine rings is 2. The van der Waals surface area contributed by atoms with Crippen molar-refractivity contribution in [2.24, 2.45) is 0 Å². The lowest BCUT2D eigenvalue weighted by atomic mass is 9.80. The molecule has 0 atom stereocenters. The Morgan fingerprint density at radius 1 is 0.586 bits per heavy atom. The van der Waals surface area contributed by atoms with Crippen LogP contribution in [0, 0.1) is 0 Å². The van der Waals surface area contributed by atoms with Crippen LogP contribution in [0.4, 0.5) is 0 Å². The molecule has 2 heterocycles. The van der Waals surface area contributed by atoms with E-state index in [1.165, 1.54) is 0 Å². The Morgan fingerprint density at radius 3 is 1.53 bits per heavy atom. The molecule has 12 heteroatoms. The summed E-state index contributed by atoms with van der Waals surface area (Å²) in [7, 11) is 5.14. The molecule has 0 saturated carbocycles. The highest BCUT2D eigenvalue weighted by Gasteiger charge is 2.11. The van der Waals surface area contributed by atoms with E-state index in [-0.39, 0.29) is 0 Å². The molecule has 2 N–H and O–H groups in total. The number of rotatable bonds is 16. The Kier molecular flexibility index (Phi) is 19.6. The number of methoxy groups -OCH3 is 4. The molecule has 6 rings (SSSR count). The van der Waals surface area contributed by atoms with Gasteiger partial charge >= 0.3 is 7.12 Å². The summed E-state index contributed by atoms with van der Waals surface area (Å²) in [6.45, 7) is 2.06. The van der Waals surface area contributed by atoms with Crippen LogP contribution in [-0.4, -0.2) is 68.8 Å². The highest BCUT2D eigenvalue weighted by Crippen LogP contribution is 2.31. The minimum absolute atomic E-state index is 0.366. The number of aromatic nitrogens is 2. The van der Waals surface area contributed by atoms with Gasteiger partial charge in [-0.2, -0.15) is 0 Å². The zero-order valence-corrected chi connectivity index (χ0v) is 33.8. The van der Waals surface area contributed by atoms with E-state index in [9.17, 15) is 0 Å². The average molecular weight is 803 g/mol. The van der Waals surface area contributed by atoms with Gasteiger partial charge in [-0.25, -0.2) is 4.98 Å². The van der Waals surface area contributed by atoms with E-state index in [1.54, 1.807) is 58.9 Å². The molecule has 58 heavy (non-hydrogen) atoms. The first-order valence-electron chi connectivity index (χ1n) is 18.3. The van der Waals surface area contributed by atoms with E-state index in [4.69, 9.17) is 50.1 Å². The van der Waals surface area contributed by atoms with Crippen molar-refractivity contribution in [2.75, 3.05) is 41.7 Å². The van der Waals surface area contributed by atoms with E-state index in [1.807, 2.05) is 128 Å². The number of halogens is 1. The van der Waals surface area contributed by atoms with Gasteiger partial charge in [0, 0.05) is 32.2 Å². The van der Waals surface area contributed by atoms with Crippen molar-refractivity contribution in [3.8, 4) is 34.3 Å². The van der Waals surface area contributed by atoms with Crippen molar-refractivity contribution >= 4 is 36.3 Å². The lowest BCUT2D eigenvalue weighted by Gasteiger charge is -2.12. The number of ether oxygens (including phenoxy) is 6. The first-order chi connectivity index (χ1) is 28.3. The maximum Gasteiger partial charge on any atom is 0.488 e. The Hall–Kier alpha value is -5.95. The lowest BCUT2D eigenvalue weighted by molar-refractivity contribution is 0.234. The van der Waals surface area contributed by atoms with Crippen LogP contribution < -0.4 is 24.4 Å². The summed E-state index contributed by atoms with van der Waals surface area (Å²) in [6.07, 6.45) is 11.3. The van der Waals surface area contributed by atoms with Crippen LogP contribution in [0.5, 0.6) is 23.0 Å². The average Bonchev–Trinajstić information content (AvgIpc) is 3.27. The molecule has 0 fully saturated rings. The van der Waals surface area contributed by atoms with E-state index >= 15 is 0 Å². The van der Waals surface area contributed by atoms with Crippen molar-refractivity contribution in [1.29, 1.82) is 0 Å². The predicted octanol–water partition coefficient (Wildman–Crippen LogP) is 8.34. The normalized spacial score (nSPS) is 10.6. The standard InChI is InChI=1S/C23H23NO3.C16H16ClNO2.C7H9BO3/c1-25-14-6-9-19-15-22(27-17-18-7-4-3-5-8-18)23(24-16-19)20-10-12-21(26-2)13-11-20;1-19-9-5-8-14-10-15(16(17)18-11-14)20-12-13-6-3-2-4-7-13;1-11-7-4-2-6(3-5-7)8(9)10/h3-13,15-16H,14,17H2,1-2H3;2-8,10-11H,9,12H2,1H3;2-5,9-10H,1H3/b9-6+;8-5+;. The van der Waals surface area contributed by atoms with E-state index in [0.717, 1.165) is 45.0 Å². The zero-order valence-electron chi connectivity index (χ0n) is 33.0. The fourth-order valence-electron chi connectivity index (χ4n) is 5.07. The molecule has 0 aliphatic heterocycles. The molecule has 0 radical (unpaired) electrons. The first kappa shape index (κ1) is 44.8. The molecule has 300 valence electrons. The van der Waals surface area contributed by atoms with Gasteiger partial charge in [0.25, 0.3) is 0 Å². The first-order valence-corrected chi connectivity index (χ1v) is 18.7. The highest BCUT2D eigenvalue weighted by molar-refractivity contribution is 6.58. The molecule has 0 saturated heterocycles. The summed E-state index contributed by atoms with van der Waals surface area (Å²) in [5.74, 6) is 2.83. The molecule has 10 nitrogen and oxygen atoms in total. The molecule has 6 aromatic rings. The Labute approximate surface area is 346 Å². The van der Waals surface area contributed by atoms with Crippen LogP contribution in [0.2, 0.25) is 5.15 Å². The SMILES string of the molecule is COC/C=C/c1cnc(-c2ccc(OC)cc2)c(OCc2ccccc2)c1.COC/C=C/c1cnc(Cl)c(OCc2ccccc2)c1.COc1ccc(B(O)O)cc1. The van der Waals surface area contributed by atoms with Gasteiger partial charge in [-0.05, 0) is 76.2 Å². The largest absolute Gasteiger partial charge is 0.497 e. The van der Waals surface area contributed by atoms with Crippen LogP contribution in [0.1, 0.15) is 22.3 Å². The zero-order chi connectivity index (χ0) is 41.4. The minimum Gasteiger partial charge on any atom is -0.497 e. The second-order valence-electron chi connectivity index (χ2n) is 12.3. The molecule has 4 aromatic carbocycles. The van der Waals surface area contributed by atoms with Crippen LogP contribution in [0.25, 0.3) is 23.4 Å². The van der Waals surface area contributed by atoms with Gasteiger partial charge in [0.15, 0.2) is 10.9 Å². The Bertz CT molecular complexity index is 2120. The van der Waals surface area contributed by atoms with Crippen LogP contribution in [-0.2, 0) is 22.7 Å². The summed E-state index contributed by atoms with van der Waals surface area (Å²) >= 11 is 6.04. The van der Waals surface area contributed by atoms with E-state index in [0.29, 0.717) is 48.5 Å². The quantitative estimate of drug-likeness (QED) is 0.0730. The van der Waals surface area contributed by atoms with E-state index < -0.39 is 7.12 Å². The summed E-state index contributed by atoms with van der Waals surface area (Å²) < 4.78 is 32.0. The van der Waals surface area contributed by atoms with Gasteiger partial charge < -0.3 is 38.5 Å². The monoisotopic (exact) mass is 802 g/mol. The molecule has 0 unspecified atom stereocenters. The fraction of sp³-hybridized carbons (Fsp3) is 0.174. The van der Waals surface area contributed by atoms with Crippen LogP contribution in [0.15, 0.2) is 146 Å². The molecule has 0 amide bonds. The third kappa shape index (κ3) is 15.5. The van der Waals surface area contributed by atoms with Crippen molar-refractivity contribution in [1.82, 2.24) is 9.97 Å². The summed E-state index contributed by atoms with van der Waals surface area (Å²) in [4.78, 5) is 8.76. The van der Waals surface area contributed by atoms with Gasteiger partial charge in [0.05, 0.1) is 27.4 Å². The number of hydrogen-bond donors (Lipinski definition) is 2. The molecule has 0 bridgehead atoms. The maximum atomic E-state index is 8.70. The number of benzene rings is 4. The van der Waals surface area contributed by atoms with Crippen molar-refractivity contribution in [2.45, 2.75) is 13.2 Å². The smallest absolute Gasteiger partial charge is 0.488 e. The maximum absolute atomic E-state index is 8.70. The van der Waals surface area contributed by atoms with Gasteiger partial charge in [-0.1, -0.05) is 109 Å². The number of nitrogens with zero attached hydrogens (tertiary/aromatic N) is 2. The molecule has 0 spiro atoms. The Balaban J connectivity index is 0.000000210. The molecule has 0 aliphatic carbocycles. The van der Waals surface area contributed by atoms with Gasteiger partial charge in [-0.15, -0.1) is 0 Å². The van der Waals surface area contributed by atoms with Gasteiger partial charge in [0.2, 0.25) is 0 Å². The van der Waals surface area contributed by atoms with E-state index in [2.05, 4.69) is 9.97 Å². The second kappa shape index (κ2) is 25.3. The molecular formula is C46H48BClN2O8. The van der Waals surface area contributed by atoms with Gasteiger partial charge in [0.1, 0.15) is 36.2 Å². The minimum atomic E-state index is -1.40. The second-order valence-corrected chi connectivity index (χ2v) is 12.7. The summed E-state index contributed by atoms with van der Waals surface area (Å²) in [5, 5.41) is 17.8. The Morgan fingerprint density at radius 2 is 1.05 bits per heavy atom. The van der Waals surface area contributed by atoms with Gasteiger partial charge in [-0.3, -0.25) is 4.98 Å².